The Labute approximate surface area is 64.4 Å². The van der Waals surface area contributed by atoms with Crippen molar-refractivity contribution >= 4 is 11.6 Å². The number of benzene rings is 1. The lowest BCUT2D eigenvalue weighted by atomic mass is 10.1. The molecule has 0 saturated carbocycles. The van der Waals surface area contributed by atoms with Gasteiger partial charge in [0.1, 0.15) is 0 Å². The lowest BCUT2D eigenvalue weighted by Gasteiger charge is -2.17. The number of rotatable bonds is 0. The minimum absolute atomic E-state index is 0.000602. The molecule has 3 heteroatoms. The second kappa shape index (κ2) is 2.27. The largest absolute Gasteiger partial charge is 0.367 e. The molecule has 0 fully saturated rings. The van der Waals surface area contributed by atoms with E-state index in [4.69, 9.17) is 0 Å². The van der Waals surface area contributed by atoms with E-state index in [0.29, 0.717) is 6.67 Å². The van der Waals surface area contributed by atoms with Gasteiger partial charge >= 0.3 is 0 Å². The van der Waals surface area contributed by atoms with Gasteiger partial charge in [-0.2, -0.15) is 0 Å². The van der Waals surface area contributed by atoms with E-state index in [0.717, 1.165) is 11.3 Å². The van der Waals surface area contributed by atoms with Crippen LogP contribution in [0.5, 0.6) is 0 Å². The van der Waals surface area contributed by atoms with Crippen LogP contribution < -0.4 is 10.6 Å². The van der Waals surface area contributed by atoms with Gasteiger partial charge in [-0.3, -0.25) is 4.79 Å². The van der Waals surface area contributed by atoms with E-state index >= 15 is 0 Å². The fraction of sp³-hybridized carbons (Fsp3) is 0.125. The Morgan fingerprint density at radius 2 is 2.00 bits per heavy atom. The molecule has 1 aromatic rings. The molecule has 0 aliphatic carbocycles. The number of carbonyl (C=O) groups excluding carboxylic acids is 1. The minimum atomic E-state index is -0.000602. The summed E-state index contributed by atoms with van der Waals surface area (Å²) < 4.78 is 0. The molecule has 1 heterocycles. The molecule has 56 valence electrons. The molecule has 1 aliphatic heterocycles. The molecule has 0 bridgehead atoms. The first kappa shape index (κ1) is 6.22. The van der Waals surface area contributed by atoms with Crippen LogP contribution in [0.25, 0.3) is 0 Å². The summed E-state index contributed by atoms with van der Waals surface area (Å²) in [7, 11) is 0. The lowest BCUT2D eigenvalue weighted by Crippen LogP contribution is -2.34. The van der Waals surface area contributed by atoms with Crippen LogP contribution in [-0.2, 0) is 0 Å². The average molecular weight is 148 g/mol. The molecular formula is C8H8N2O. The Bertz CT molecular complexity index is 296. The molecule has 2 rings (SSSR count). The van der Waals surface area contributed by atoms with E-state index in [1.807, 2.05) is 18.2 Å². The van der Waals surface area contributed by atoms with Crippen LogP contribution in [0.3, 0.4) is 0 Å². The van der Waals surface area contributed by atoms with Crippen LogP contribution in [0.1, 0.15) is 10.4 Å². The predicted octanol–water partition coefficient (Wildman–Crippen LogP) is 0.799. The molecule has 0 radical (unpaired) electrons. The molecule has 0 saturated heterocycles. The molecule has 3 nitrogen and oxygen atoms in total. The Kier molecular flexibility index (Phi) is 1.28. The molecule has 0 atom stereocenters. The maximum Gasteiger partial charge on any atom is 0.254 e. The van der Waals surface area contributed by atoms with Crippen molar-refractivity contribution in [1.29, 1.82) is 0 Å². The highest BCUT2D eigenvalue weighted by Crippen LogP contribution is 2.16. The van der Waals surface area contributed by atoms with Gasteiger partial charge in [-0.05, 0) is 12.1 Å². The number of fused-ring (bicyclic) bond motifs is 1. The van der Waals surface area contributed by atoms with Crippen molar-refractivity contribution in [3.05, 3.63) is 29.8 Å². The van der Waals surface area contributed by atoms with Crippen LogP contribution >= 0.6 is 0 Å². The molecular weight excluding hydrogens is 140 g/mol. The minimum Gasteiger partial charge on any atom is -0.367 e. The third-order valence-corrected chi connectivity index (χ3v) is 1.70. The third kappa shape index (κ3) is 0.941. The summed E-state index contributed by atoms with van der Waals surface area (Å²) >= 11 is 0. The first-order chi connectivity index (χ1) is 5.38. The van der Waals surface area contributed by atoms with Crippen LogP contribution in [0.4, 0.5) is 5.69 Å². The number of hydrogen-bond donors (Lipinski definition) is 2. The number of amides is 1. The summed E-state index contributed by atoms with van der Waals surface area (Å²) in [6.45, 7) is 0.524. The Morgan fingerprint density at radius 1 is 1.18 bits per heavy atom. The molecule has 1 amide bonds. The van der Waals surface area contributed by atoms with Gasteiger partial charge in [0.2, 0.25) is 0 Å². The van der Waals surface area contributed by atoms with Crippen molar-refractivity contribution in [2.24, 2.45) is 0 Å². The Hall–Kier alpha value is -1.51. The fourth-order valence-electron chi connectivity index (χ4n) is 1.15. The van der Waals surface area contributed by atoms with E-state index in [2.05, 4.69) is 10.6 Å². The van der Waals surface area contributed by atoms with Crippen molar-refractivity contribution in [3.8, 4) is 0 Å². The quantitative estimate of drug-likeness (QED) is 0.571. The van der Waals surface area contributed by atoms with E-state index < -0.39 is 0 Å². The zero-order chi connectivity index (χ0) is 7.68. The molecule has 0 unspecified atom stereocenters. The summed E-state index contributed by atoms with van der Waals surface area (Å²) in [4.78, 5) is 11.1. The summed E-state index contributed by atoms with van der Waals surface area (Å²) in [6, 6.07) is 7.46. The number of para-hydroxylation sites is 1. The number of anilines is 1. The lowest BCUT2D eigenvalue weighted by molar-refractivity contribution is 0.0953. The summed E-state index contributed by atoms with van der Waals surface area (Å²) in [5.41, 5.74) is 1.63. The highest BCUT2D eigenvalue weighted by Gasteiger charge is 2.13. The Morgan fingerprint density at radius 3 is 2.82 bits per heavy atom. The van der Waals surface area contributed by atoms with Crippen LogP contribution in [0.15, 0.2) is 24.3 Å². The van der Waals surface area contributed by atoms with Crippen molar-refractivity contribution in [2.45, 2.75) is 0 Å². The van der Waals surface area contributed by atoms with Crippen molar-refractivity contribution in [1.82, 2.24) is 5.32 Å². The van der Waals surface area contributed by atoms with Gasteiger partial charge in [0.25, 0.3) is 5.91 Å². The molecule has 2 N–H and O–H groups in total. The standard InChI is InChI=1S/C8H8N2O/c11-8-6-3-1-2-4-7(6)9-5-10-8/h1-4,9H,5H2,(H,10,11). The van der Waals surface area contributed by atoms with Gasteiger partial charge in [-0.25, -0.2) is 0 Å². The highest BCUT2D eigenvalue weighted by molar-refractivity contribution is 6.01. The van der Waals surface area contributed by atoms with Gasteiger partial charge < -0.3 is 10.6 Å². The summed E-state index contributed by atoms with van der Waals surface area (Å²) in [5.74, 6) is -0.000602. The van der Waals surface area contributed by atoms with Crippen molar-refractivity contribution in [2.75, 3.05) is 12.0 Å². The van der Waals surface area contributed by atoms with Crippen LogP contribution in [0.2, 0.25) is 0 Å². The smallest absolute Gasteiger partial charge is 0.254 e. The average Bonchev–Trinajstić information content (AvgIpc) is 2.06. The predicted molar refractivity (Wildman–Crippen MR) is 42.4 cm³/mol. The normalized spacial score (nSPS) is 14.7. The van der Waals surface area contributed by atoms with E-state index in [1.54, 1.807) is 6.07 Å². The number of carbonyl (C=O) groups is 1. The first-order valence-corrected chi connectivity index (χ1v) is 3.49. The van der Waals surface area contributed by atoms with E-state index in [9.17, 15) is 4.79 Å². The summed E-state index contributed by atoms with van der Waals surface area (Å²) in [6.07, 6.45) is 0. The molecule has 1 aromatic carbocycles. The third-order valence-electron chi connectivity index (χ3n) is 1.70. The fourth-order valence-corrected chi connectivity index (χ4v) is 1.15. The maximum atomic E-state index is 11.1. The van der Waals surface area contributed by atoms with E-state index in [-0.39, 0.29) is 5.91 Å². The van der Waals surface area contributed by atoms with Gasteiger partial charge in [-0.1, -0.05) is 12.1 Å². The second-order valence-electron chi connectivity index (χ2n) is 2.41. The van der Waals surface area contributed by atoms with Crippen LogP contribution in [0, 0.1) is 0 Å². The number of nitrogens with one attached hydrogen (secondary N) is 2. The van der Waals surface area contributed by atoms with Gasteiger partial charge in [0, 0.05) is 5.69 Å². The second-order valence-corrected chi connectivity index (χ2v) is 2.41. The van der Waals surface area contributed by atoms with Crippen molar-refractivity contribution in [3.63, 3.8) is 0 Å². The first-order valence-electron chi connectivity index (χ1n) is 3.49. The molecule has 0 aromatic heterocycles. The van der Waals surface area contributed by atoms with E-state index in [1.165, 1.54) is 0 Å². The molecule has 0 spiro atoms. The van der Waals surface area contributed by atoms with Gasteiger partial charge in [-0.15, -0.1) is 0 Å². The Balaban J connectivity index is 2.52. The van der Waals surface area contributed by atoms with Crippen molar-refractivity contribution < 1.29 is 4.79 Å². The van der Waals surface area contributed by atoms with Crippen LogP contribution in [-0.4, -0.2) is 12.6 Å². The maximum absolute atomic E-state index is 11.1. The zero-order valence-electron chi connectivity index (χ0n) is 5.92. The molecule has 11 heavy (non-hydrogen) atoms. The number of hydrogen-bond acceptors (Lipinski definition) is 2. The topological polar surface area (TPSA) is 41.1 Å². The summed E-state index contributed by atoms with van der Waals surface area (Å²) in [5, 5.41) is 5.75. The molecule has 1 aliphatic rings. The van der Waals surface area contributed by atoms with Gasteiger partial charge in [0.05, 0.1) is 12.2 Å². The van der Waals surface area contributed by atoms with Gasteiger partial charge in [0.15, 0.2) is 0 Å². The highest BCUT2D eigenvalue weighted by atomic mass is 16.1. The SMILES string of the molecule is O=C1NCNc2ccccc21. The zero-order valence-corrected chi connectivity index (χ0v) is 5.92. The monoisotopic (exact) mass is 148 g/mol.